The maximum absolute atomic E-state index is 12.8. The van der Waals surface area contributed by atoms with Crippen molar-refractivity contribution in [2.75, 3.05) is 13.7 Å². The van der Waals surface area contributed by atoms with Crippen LogP contribution in [0.25, 0.3) is 44.9 Å². The first-order valence-corrected chi connectivity index (χ1v) is 12.9. The van der Waals surface area contributed by atoms with E-state index in [-0.39, 0.29) is 80.3 Å². The quantitative estimate of drug-likeness (QED) is 0.183. The molecule has 0 aliphatic carbocycles. The van der Waals surface area contributed by atoms with Crippen LogP contribution < -0.4 is 72.7 Å². The van der Waals surface area contributed by atoms with Crippen molar-refractivity contribution in [3.8, 4) is 39.8 Å². The molecule has 0 saturated carbocycles. The van der Waals surface area contributed by atoms with Crippen LogP contribution in [0.2, 0.25) is 0 Å². The number of ether oxygens (including phenoxy) is 2. The molecule has 6 aromatic rings. The molecule has 212 valence electrons. The second-order valence-electron chi connectivity index (χ2n) is 9.23. The van der Waals surface area contributed by atoms with Crippen molar-refractivity contribution in [1.29, 1.82) is 0 Å². The topological polar surface area (TPSA) is 154 Å². The molecule has 0 amide bonds. The third-order valence-corrected chi connectivity index (χ3v) is 6.71. The molecule has 43 heavy (non-hydrogen) atoms. The number of rotatable bonds is 8. The first kappa shape index (κ1) is 30.4. The first-order chi connectivity index (χ1) is 20.4. The molecule has 0 aliphatic rings. The number of carbonyl (C=O) groups excluding carboxylic acids is 1. The molecule has 0 fully saturated rings. The summed E-state index contributed by atoms with van der Waals surface area (Å²) >= 11 is 0. The largest absolute Gasteiger partial charge is 1.00 e. The van der Waals surface area contributed by atoms with Crippen molar-refractivity contribution in [2.45, 2.75) is 20.4 Å². The predicted molar refractivity (Wildman–Crippen MR) is 149 cm³/mol. The van der Waals surface area contributed by atoms with E-state index in [1.807, 2.05) is 55.5 Å². The zero-order valence-electron chi connectivity index (χ0n) is 23.7. The Morgan fingerprint density at radius 1 is 0.977 bits per heavy atom. The number of imidazole rings is 1. The van der Waals surface area contributed by atoms with Gasteiger partial charge in [-0.15, -0.1) is 0 Å². The van der Waals surface area contributed by atoms with Gasteiger partial charge in [-0.3, -0.25) is 9.72 Å². The van der Waals surface area contributed by atoms with E-state index < -0.39 is 17.5 Å². The summed E-state index contributed by atoms with van der Waals surface area (Å²) < 4.78 is 27.7. The minimum atomic E-state index is -0.841. The van der Waals surface area contributed by atoms with Crippen LogP contribution in [0.4, 0.5) is 0 Å². The van der Waals surface area contributed by atoms with E-state index in [0.29, 0.717) is 35.3 Å². The van der Waals surface area contributed by atoms with Gasteiger partial charge in [0.15, 0.2) is 11.5 Å². The smallest absolute Gasteiger partial charge is 0.465 e. The number of aromatic nitrogens is 4. The number of benzene rings is 3. The average molecular weight is 607 g/mol. The molecule has 3 heterocycles. The van der Waals surface area contributed by atoms with Crippen molar-refractivity contribution in [3.05, 3.63) is 98.7 Å². The summed E-state index contributed by atoms with van der Waals surface area (Å²) in [6, 6.07) is 18.7. The number of fused-ring (bicyclic) bond motifs is 1. The van der Waals surface area contributed by atoms with Gasteiger partial charge in [-0.05, 0) is 54.1 Å². The maximum atomic E-state index is 12.8. The van der Waals surface area contributed by atoms with Gasteiger partial charge in [0.1, 0.15) is 5.52 Å². The third kappa shape index (κ3) is 5.81. The number of methoxy groups -OCH3 is 1. The van der Waals surface area contributed by atoms with Crippen LogP contribution in [0.15, 0.2) is 83.6 Å². The van der Waals surface area contributed by atoms with E-state index in [2.05, 4.69) is 14.7 Å². The van der Waals surface area contributed by atoms with Crippen LogP contribution in [0, 0.1) is 6.92 Å². The van der Waals surface area contributed by atoms with Crippen LogP contribution >= 0.6 is 0 Å². The molecular weight excluding hydrogens is 583 g/mol. The van der Waals surface area contributed by atoms with E-state index >= 15 is 0 Å². The number of esters is 1. The molecule has 0 bridgehead atoms. The Morgan fingerprint density at radius 3 is 2.35 bits per heavy atom. The van der Waals surface area contributed by atoms with Gasteiger partial charge in [0.25, 0.3) is 6.01 Å². The van der Waals surface area contributed by atoms with E-state index in [9.17, 15) is 14.4 Å². The Kier molecular flexibility index (Phi) is 8.99. The molecule has 0 atom stereocenters. The van der Waals surface area contributed by atoms with Crippen LogP contribution in [-0.2, 0) is 11.3 Å². The zero-order chi connectivity index (χ0) is 29.4. The van der Waals surface area contributed by atoms with Crippen LogP contribution in [0.1, 0.15) is 28.6 Å². The van der Waals surface area contributed by atoms with Crippen molar-refractivity contribution in [3.63, 3.8) is 0 Å². The summed E-state index contributed by atoms with van der Waals surface area (Å²) in [4.78, 5) is 44.6. The fourth-order valence-corrected chi connectivity index (χ4v) is 4.87. The number of aryl methyl sites for hydroxylation is 1. The second-order valence-corrected chi connectivity index (χ2v) is 9.23. The van der Waals surface area contributed by atoms with E-state index in [0.717, 1.165) is 16.7 Å². The van der Waals surface area contributed by atoms with Gasteiger partial charge in [-0.25, -0.2) is 14.4 Å². The Bertz CT molecular complexity index is 2050. The summed E-state index contributed by atoms with van der Waals surface area (Å²) in [7, 11) is 1.30. The fourth-order valence-electron chi connectivity index (χ4n) is 4.87. The molecule has 3 aromatic heterocycles. The molecule has 12 nitrogen and oxygen atoms in total. The number of nitrogens with zero attached hydrogens (tertiary/aromatic N) is 4. The van der Waals surface area contributed by atoms with Crippen molar-refractivity contribution in [2.24, 2.45) is 0 Å². The van der Waals surface area contributed by atoms with E-state index in [1.165, 1.54) is 7.11 Å². The van der Waals surface area contributed by atoms with Gasteiger partial charge in [-0.1, -0.05) is 48.5 Å². The Balaban J connectivity index is 0.00000368. The van der Waals surface area contributed by atoms with Crippen LogP contribution in [0.3, 0.4) is 0 Å². The van der Waals surface area contributed by atoms with Gasteiger partial charge >= 0.3 is 68.9 Å². The molecular formula is C30H23KN4O8. The SMILES string of the molecule is CCOc1nc2c(-c3oc(=O)oc3C)ccc(C(=O)OC)c2n1Cc1ccc(-c2ccccc2-c2noc(=O)[n-]2)cc1.[K+]. The summed E-state index contributed by atoms with van der Waals surface area (Å²) in [6.45, 7) is 4.05. The van der Waals surface area contributed by atoms with Crippen LogP contribution in [-0.4, -0.2) is 34.4 Å². The molecule has 0 N–H and O–H groups in total. The molecule has 6 rings (SSSR count). The monoisotopic (exact) mass is 606 g/mol. The standard InChI is InChI=1S/C30H24N4O8.K/c1-4-39-28-31-23-21(25-16(2)40-30(37)41-25)13-14-22(27(35)38-3)24(23)34(28)15-17-9-11-18(12-10-17)19-7-5-6-8-20(19)26-32-29(36)42-33-26;/h5-14H,4,15H2,1-3H3,(H,32,33,36);/q;+1/p-1. The average Bonchev–Trinajstić information content (AvgIpc) is 3.69. The molecule has 0 unspecified atom stereocenters. The molecule has 0 saturated heterocycles. The first-order valence-electron chi connectivity index (χ1n) is 12.9. The molecule has 0 spiro atoms. The number of carbonyl (C=O) groups is 1. The van der Waals surface area contributed by atoms with Crippen molar-refractivity contribution in [1.82, 2.24) is 19.7 Å². The number of hydrogen-bond acceptors (Lipinski definition) is 10. The fraction of sp³-hybridized carbons (Fsp3) is 0.167. The Hall–Kier alpha value is -4.01. The van der Waals surface area contributed by atoms with E-state index in [1.54, 1.807) is 23.6 Å². The Labute approximate surface area is 286 Å². The summed E-state index contributed by atoms with van der Waals surface area (Å²) in [5, 5.41) is 3.77. The molecule has 0 aliphatic heterocycles. The van der Waals surface area contributed by atoms with Gasteiger partial charge in [0.05, 0.1) is 31.3 Å². The molecule has 13 heteroatoms. The van der Waals surface area contributed by atoms with Gasteiger partial charge in [-0.2, -0.15) is 4.98 Å². The summed E-state index contributed by atoms with van der Waals surface area (Å²) in [6.07, 6.45) is 0. The summed E-state index contributed by atoms with van der Waals surface area (Å²) in [5.41, 5.74) is 4.80. The van der Waals surface area contributed by atoms with Gasteiger partial charge in [0, 0.05) is 5.56 Å². The minimum Gasteiger partial charge on any atom is -0.465 e. The van der Waals surface area contributed by atoms with Crippen molar-refractivity contribution < 1.29 is 79.0 Å². The molecule has 0 radical (unpaired) electrons. The van der Waals surface area contributed by atoms with Gasteiger partial charge in [0.2, 0.25) is 0 Å². The van der Waals surface area contributed by atoms with E-state index in [4.69, 9.17) is 23.3 Å². The number of hydrogen-bond donors (Lipinski definition) is 0. The normalized spacial score (nSPS) is 11.0. The van der Waals surface area contributed by atoms with Crippen LogP contribution in [0.5, 0.6) is 6.01 Å². The second kappa shape index (κ2) is 12.7. The third-order valence-electron chi connectivity index (χ3n) is 6.71. The maximum Gasteiger partial charge on any atom is 1.00 e. The zero-order valence-corrected chi connectivity index (χ0v) is 26.9. The van der Waals surface area contributed by atoms with Crippen molar-refractivity contribution >= 4 is 17.0 Å². The molecule has 3 aromatic carbocycles. The summed E-state index contributed by atoms with van der Waals surface area (Å²) in [5.74, 6) is -1.46. The Morgan fingerprint density at radius 2 is 1.72 bits per heavy atom. The predicted octanol–water partition coefficient (Wildman–Crippen LogP) is 1.43. The minimum absolute atomic E-state index is 0. The van der Waals surface area contributed by atoms with Gasteiger partial charge < -0.3 is 27.8 Å².